The van der Waals surface area contributed by atoms with E-state index in [2.05, 4.69) is 32.5 Å². The summed E-state index contributed by atoms with van der Waals surface area (Å²) in [5.74, 6) is 0.238. The molecular weight excluding hydrogens is 468 g/mol. The number of carbonyl (C=O) groups is 1. The van der Waals surface area contributed by atoms with Crippen LogP contribution in [-0.2, 0) is 4.79 Å². The molecule has 0 saturated carbocycles. The molecule has 4 rings (SSSR count). The molecule has 0 aliphatic rings. The molecule has 32 heavy (non-hydrogen) atoms. The summed E-state index contributed by atoms with van der Waals surface area (Å²) in [6.45, 7) is 1.89. The van der Waals surface area contributed by atoms with Gasteiger partial charge in [-0.2, -0.15) is 10.2 Å². The molecular formula is C25H21BrN4O2. The van der Waals surface area contributed by atoms with Crippen LogP contribution in [-0.4, -0.2) is 28.5 Å². The van der Waals surface area contributed by atoms with Gasteiger partial charge in [0.1, 0.15) is 11.4 Å². The fourth-order valence-electron chi connectivity index (χ4n) is 3.12. The first-order chi connectivity index (χ1) is 15.6. The van der Waals surface area contributed by atoms with Crippen molar-refractivity contribution < 1.29 is 9.53 Å². The maximum Gasteiger partial charge on any atom is 0.277 e. The number of aryl methyl sites for hydroxylation is 1. The quantitative estimate of drug-likeness (QED) is 0.289. The van der Waals surface area contributed by atoms with E-state index in [0.717, 1.165) is 32.5 Å². The number of nitrogens with one attached hydrogen (secondary N) is 1. The first kappa shape index (κ1) is 21.5. The van der Waals surface area contributed by atoms with Crippen LogP contribution in [0.3, 0.4) is 0 Å². The lowest BCUT2D eigenvalue weighted by molar-refractivity contribution is -0.123. The monoisotopic (exact) mass is 488 g/mol. The van der Waals surface area contributed by atoms with E-state index in [-0.39, 0.29) is 12.5 Å². The molecule has 1 heterocycles. The lowest BCUT2D eigenvalue weighted by atomic mass is 10.1. The van der Waals surface area contributed by atoms with Crippen molar-refractivity contribution in [3.05, 3.63) is 101 Å². The van der Waals surface area contributed by atoms with Gasteiger partial charge in [-0.25, -0.2) is 10.1 Å². The van der Waals surface area contributed by atoms with Crippen LogP contribution >= 0.6 is 15.9 Å². The highest BCUT2D eigenvalue weighted by atomic mass is 79.9. The number of aromatic nitrogens is 2. The first-order valence-electron chi connectivity index (χ1n) is 10.0. The molecule has 1 aromatic heterocycles. The van der Waals surface area contributed by atoms with Crippen molar-refractivity contribution in [3.63, 3.8) is 0 Å². The second-order valence-corrected chi connectivity index (χ2v) is 7.95. The Labute approximate surface area is 194 Å². The predicted molar refractivity (Wildman–Crippen MR) is 129 cm³/mol. The zero-order chi connectivity index (χ0) is 22.3. The molecule has 0 aliphatic carbocycles. The maximum atomic E-state index is 12.2. The first-order valence-corrected chi connectivity index (χ1v) is 10.8. The van der Waals surface area contributed by atoms with Crippen molar-refractivity contribution in [1.29, 1.82) is 0 Å². The van der Waals surface area contributed by atoms with Crippen molar-refractivity contribution in [1.82, 2.24) is 15.2 Å². The Morgan fingerprint density at radius 2 is 1.88 bits per heavy atom. The molecule has 7 heteroatoms. The number of nitrogens with zero attached hydrogens (tertiary/aromatic N) is 3. The second kappa shape index (κ2) is 10.1. The Balaban J connectivity index is 1.51. The van der Waals surface area contributed by atoms with Gasteiger partial charge in [0, 0.05) is 17.3 Å². The zero-order valence-corrected chi connectivity index (χ0v) is 19.0. The van der Waals surface area contributed by atoms with Gasteiger partial charge in [-0.15, -0.1) is 0 Å². The lowest BCUT2D eigenvalue weighted by Gasteiger charge is -2.06. The summed E-state index contributed by atoms with van der Waals surface area (Å²) in [5, 5.41) is 8.88. The predicted octanol–water partition coefficient (Wildman–Crippen LogP) is 5.14. The summed E-state index contributed by atoms with van der Waals surface area (Å²) in [6.07, 6.45) is 3.49. The average molecular weight is 489 g/mol. The average Bonchev–Trinajstić information content (AvgIpc) is 3.23. The van der Waals surface area contributed by atoms with E-state index in [0.29, 0.717) is 5.75 Å². The smallest absolute Gasteiger partial charge is 0.277 e. The molecule has 4 aromatic rings. The molecule has 1 amide bonds. The maximum absolute atomic E-state index is 12.2. The fourth-order valence-corrected chi connectivity index (χ4v) is 3.52. The van der Waals surface area contributed by atoms with Gasteiger partial charge in [0.15, 0.2) is 6.61 Å². The third kappa shape index (κ3) is 5.31. The molecule has 0 saturated heterocycles. The van der Waals surface area contributed by atoms with Crippen LogP contribution in [0.25, 0.3) is 16.9 Å². The van der Waals surface area contributed by atoms with Gasteiger partial charge in [-0.3, -0.25) is 4.79 Å². The third-order valence-electron chi connectivity index (χ3n) is 4.64. The van der Waals surface area contributed by atoms with E-state index >= 15 is 0 Å². The van der Waals surface area contributed by atoms with E-state index in [1.54, 1.807) is 17.0 Å². The fraction of sp³-hybridized carbons (Fsp3) is 0.0800. The molecule has 0 bridgehead atoms. The van der Waals surface area contributed by atoms with Crippen LogP contribution in [0.4, 0.5) is 0 Å². The Morgan fingerprint density at radius 3 is 2.66 bits per heavy atom. The summed E-state index contributed by atoms with van der Waals surface area (Å²) in [7, 11) is 0. The lowest BCUT2D eigenvalue weighted by Crippen LogP contribution is -2.24. The Morgan fingerprint density at radius 1 is 1.09 bits per heavy atom. The van der Waals surface area contributed by atoms with E-state index < -0.39 is 0 Å². The third-order valence-corrected chi connectivity index (χ3v) is 5.30. The Kier molecular flexibility index (Phi) is 6.77. The summed E-state index contributed by atoms with van der Waals surface area (Å²) in [5.41, 5.74) is 7.12. The highest BCUT2D eigenvalue weighted by Crippen LogP contribution is 2.24. The second-order valence-electron chi connectivity index (χ2n) is 7.09. The van der Waals surface area contributed by atoms with Gasteiger partial charge in [-0.1, -0.05) is 54.1 Å². The summed E-state index contributed by atoms with van der Waals surface area (Å²) in [4.78, 5) is 12.2. The molecule has 3 aromatic carbocycles. The van der Waals surface area contributed by atoms with Crippen molar-refractivity contribution in [2.75, 3.05) is 6.61 Å². The topological polar surface area (TPSA) is 68.5 Å². The van der Waals surface area contributed by atoms with Crippen LogP contribution in [0, 0.1) is 6.92 Å². The van der Waals surface area contributed by atoms with Crippen LogP contribution in [0.1, 0.15) is 11.1 Å². The minimum absolute atomic E-state index is 0.145. The molecule has 0 spiro atoms. The number of hydrazone groups is 1. The van der Waals surface area contributed by atoms with Crippen molar-refractivity contribution in [2.24, 2.45) is 5.10 Å². The van der Waals surface area contributed by atoms with E-state index in [4.69, 9.17) is 9.84 Å². The molecule has 160 valence electrons. The Hall–Kier alpha value is -3.71. The van der Waals surface area contributed by atoms with Gasteiger partial charge in [0.25, 0.3) is 5.91 Å². The SMILES string of the molecule is Cc1cccc(-c2nn(-c3ccccc3)cc2C=NNC(=O)COc2ccccc2Br)c1. The Bertz CT molecular complexity index is 1250. The molecule has 0 atom stereocenters. The molecule has 6 nitrogen and oxygen atoms in total. The molecule has 1 N–H and O–H groups in total. The number of benzene rings is 3. The number of carbonyl (C=O) groups excluding carboxylic acids is 1. The van der Waals surface area contributed by atoms with Gasteiger partial charge in [0.2, 0.25) is 0 Å². The minimum atomic E-state index is -0.357. The van der Waals surface area contributed by atoms with Crippen LogP contribution < -0.4 is 10.2 Å². The van der Waals surface area contributed by atoms with Crippen LogP contribution in [0.5, 0.6) is 5.75 Å². The van der Waals surface area contributed by atoms with E-state index in [1.807, 2.05) is 79.9 Å². The molecule has 0 unspecified atom stereocenters. The normalized spacial score (nSPS) is 10.9. The zero-order valence-electron chi connectivity index (χ0n) is 17.4. The van der Waals surface area contributed by atoms with Gasteiger partial charge in [-0.05, 0) is 53.2 Å². The number of hydrogen-bond donors (Lipinski definition) is 1. The van der Waals surface area contributed by atoms with E-state index in [9.17, 15) is 4.79 Å². The van der Waals surface area contributed by atoms with Gasteiger partial charge < -0.3 is 4.74 Å². The number of rotatable bonds is 7. The van der Waals surface area contributed by atoms with Crippen molar-refractivity contribution in [2.45, 2.75) is 6.92 Å². The largest absolute Gasteiger partial charge is 0.483 e. The molecule has 0 radical (unpaired) electrons. The molecule has 0 aliphatic heterocycles. The van der Waals surface area contributed by atoms with E-state index in [1.165, 1.54) is 0 Å². The highest BCUT2D eigenvalue weighted by Gasteiger charge is 2.12. The van der Waals surface area contributed by atoms with Crippen LogP contribution in [0.2, 0.25) is 0 Å². The van der Waals surface area contributed by atoms with Gasteiger partial charge in [0.05, 0.1) is 16.4 Å². The minimum Gasteiger partial charge on any atom is -0.483 e. The van der Waals surface area contributed by atoms with Crippen molar-refractivity contribution in [3.8, 4) is 22.7 Å². The highest BCUT2D eigenvalue weighted by molar-refractivity contribution is 9.10. The van der Waals surface area contributed by atoms with Crippen LogP contribution in [0.15, 0.2) is 94.6 Å². The number of para-hydroxylation sites is 2. The van der Waals surface area contributed by atoms with Crippen molar-refractivity contribution >= 4 is 28.1 Å². The summed E-state index contributed by atoms with van der Waals surface area (Å²) < 4.78 is 8.11. The number of hydrogen-bond acceptors (Lipinski definition) is 4. The summed E-state index contributed by atoms with van der Waals surface area (Å²) >= 11 is 3.39. The number of amides is 1. The standard InChI is InChI=1S/C25H21BrN4O2/c1-18-8-7-9-19(14-18)25-20(16-30(29-25)21-10-3-2-4-11-21)15-27-28-24(31)17-32-23-13-6-5-12-22(23)26/h2-16H,17H2,1H3,(H,28,31). The van der Waals surface area contributed by atoms with Gasteiger partial charge >= 0.3 is 0 Å². The number of halogens is 1. The molecule has 0 fully saturated rings. The summed E-state index contributed by atoms with van der Waals surface area (Å²) in [6, 6.07) is 25.3. The number of ether oxygens (including phenoxy) is 1.